The third-order valence-corrected chi connectivity index (χ3v) is 3.55. The number of ether oxygens (including phenoxy) is 1. The number of nitrogens with zero attached hydrogens (tertiary/aromatic N) is 3. The van der Waals surface area contributed by atoms with Gasteiger partial charge >= 0.3 is 5.97 Å². The number of para-hydroxylation sites is 1. The lowest BCUT2D eigenvalue weighted by atomic mass is 10.1. The Labute approximate surface area is 132 Å². The van der Waals surface area contributed by atoms with Crippen LogP contribution in [0.25, 0.3) is 5.65 Å². The van der Waals surface area contributed by atoms with E-state index in [4.69, 9.17) is 9.84 Å². The van der Waals surface area contributed by atoms with Gasteiger partial charge in [0.2, 0.25) is 0 Å². The lowest BCUT2D eigenvalue weighted by molar-refractivity contribution is 0.0691. The summed E-state index contributed by atoms with van der Waals surface area (Å²) in [5, 5.41) is 12.3. The van der Waals surface area contributed by atoms with E-state index in [1.165, 1.54) is 6.20 Å². The van der Waals surface area contributed by atoms with Crippen LogP contribution in [0.1, 0.15) is 29.0 Å². The Balaban J connectivity index is 1.96. The Hall–Kier alpha value is -3.09. The highest BCUT2D eigenvalue weighted by atomic mass is 16.5. The Morgan fingerprint density at radius 3 is 2.91 bits per heavy atom. The van der Waals surface area contributed by atoms with Gasteiger partial charge in [-0.3, -0.25) is 0 Å². The number of anilines is 1. The maximum Gasteiger partial charge on any atom is 0.356 e. The highest BCUT2D eigenvalue weighted by Gasteiger charge is 2.16. The first-order valence-corrected chi connectivity index (χ1v) is 7.06. The van der Waals surface area contributed by atoms with E-state index in [1.807, 2.05) is 31.2 Å². The van der Waals surface area contributed by atoms with Crippen molar-refractivity contribution < 1.29 is 14.6 Å². The summed E-state index contributed by atoms with van der Waals surface area (Å²) in [6.07, 6.45) is 4.71. The Morgan fingerprint density at radius 2 is 2.17 bits per heavy atom. The number of carboxylic acid groups (broad SMARTS) is 1. The van der Waals surface area contributed by atoms with E-state index >= 15 is 0 Å². The van der Waals surface area contributed by atoms with Crippen molar-refractivity contribution in [2.24, 2.45) is 0 Å². The predicted molar refractivity (Wildman–Crippen MR) is 85.0 cm³/mol. The number of hydrogen-bond donors (Lipinski definition) is 2. The number of hydrogen-bond acceptors (Lipinski definition) is 5. The van der Waals surface area contributed by atoms with Crippen LogP contribution in [-0.2, 0) is 0 Å². The van der Waals surface area contributed by atoms with Crippen molar-refractivity contribution in [3.05, 3.63) is 54.1 Å². The van der Waals surface area contributed by atoms with Crippen molar-refractivity contribution in [2.75, 3.05) is 12.4 Å². The molecule has 0 spiro atoms. The minimum Gasteiger partial charge on any atom is -0.496 e. The van der Waals surface area contributed by atoms with Crippen molar-refractivity contribution in [1.29, 1.82) is 0 Å². The second-order valence-corrected chi connectivity index (χ2v) is 5.05. The number of nitrogens with one attached hydrogen (secondary N) is 1. The number of carboxylic acids is 1. The van der Waals surface area contributed by atoms with Crippen molar-refractivity contribution in [3.8, 4) is 5.75 Å². The summed E-state index contributed by atoms with van der Waals surface area (Å²) in [4.78, 5) is 19.5. The van der Waals surface area contributed by atoms with Crippen LogP contribution >= 0.6 is 0 Å². The molecule has 0 saturated heterocycles. The molecule has 3 rings (SSSR count). The largest absolute Gasteiger partial charge is 0.496 e. The van der Waals surface area contributed by atoms with Crippen molar-refractivity contribution >= 4 is 17.4 Å². The first-order valence-electron chi connectivity index (χ1n) is 7.06. The first kappa shape index (κ1) is 14.8. The monoisotopic (exact) mass is 312 g/mol. The molecule has 0 bridgehead atoms. The highest BCUT2D eigenvalue weighted by molar-refractivity contribution is 5.86. The van der Waals surface area contributed by atoms with E-state index in [2.05, 4.69) is 15.3 Å². The second-order valence-electron chi connectivity index (χ2n) is 5.05. The summed E-state index contributed by atoms with van der Waals surface area (Å²) >= 11 is 0. The maximum absolute atomic E-state index is 11.1. The molecule has 0 aliphatic heterocycles. The van der Waals surface area contributed by atoms with Crippen LogP contribution in [-0.4, -0.2) is 32.6 Å². The zero-order valence-electron chi connectivity index (χ0n) is 12.7. The number of benzene rings is 1. The van der Waals surface area contributed by atoms with Crippen molar-refractivity contribution in [3.63, 3.8) is 0 Å². The Morgan fingerprint density at radius 1 is 1.39 bits per heavy atom. The fourth-order valence-electron chi connectivity index (χ4n) is 2.43. The van der Waals surface area contributed by atoms with Gasteiger partial charge in [-0.05, 0) is 13.0 Å². The molecule has 2 aromatic heterocycles. The molecule has 1 aromatic carbocycles. The average molecular weight is 312 g/mol. The number of methoxy groups -OCH3 is 1. The van der Waals surface area contributed by atoms with Crippen LogP contribution in [0.4, 0.5) is 5.82 Å². The standard InChI is InChI=1S/C16H16N4O3/c1-10(11-5-3-4-6-13(11)23-2)18-14-15-19-12(16(21)22)9-20(15)8-7-17-14/h3-10H,1-2H3,(H,17,18)(H,21,22). The minimum atomic E-state index is -1.07. The summed E-state index contributed by atoms with van der Waals surface area (Å²) in [6.45, 7) is 1.98. The number of fused-ring (bicyclic) bond motifs is 1. The molecule has 0 radical (unpaired) electrons. The van der Waals surface area contributed by atoms with Crippen LogP contribution in [0.5, 0.6) is 5.75 Å². The molecule has 0 amide bonds. The fraction of sp³-hybridized carbons (Fsp3) is 0.188. The minimum absolute atomic E-state index is 0.0222. The van der Waals surface area contributed by atoms with Gasteiger partial charge < -0.3 is 19.6 Å². The number of carbonyl (C=O) groups is 1. The van der Waals surface area contributed by atoms with Crippen molar-refractivity contribution in [1.82, 2.24) is 14.4 Å². The molecule has 7 heteroatoms. The molecule has 118 valence electrons. The maximum atomic E-state index is 11.1. The quantitative estimate of drug-likeness (QED) is 0.753. The summed E-state index contributed by atoms with van der Waals surface area (Å²) < 4.78 is 7.00. The molecule has 2 heterocycles. The molecule has 7 nitrogen and oxygen atoms in total. The normalized spacial score (nSPS) is 12.1. The SMILES string of the molecule is COc1ccccc1C(C)Nc1nccn2cc(C(=O)O)nc12. The lowest BCUT2D eigenvalue weighted by Crippen LogP contribution is -2.10. The lowest BCUT2D eigenvalue weighted by Gasteiger charge is -2.17. The van der Waals surface area contributed by atoms with Gasteiger partial charge in [-0.25, -0.2) is 14.8 Å². The van der Waals surface area contributed by atoms with E-state index in [0.29, 0.717) is 11.5 Å². The second kappa shape index (κ2) is 5.96. The van der Waals surface area contributed by atoms with Crippen LogP contribution in [0.2, 0.25) is 0 Å². The van der Waals surface area contributed by atoms with Gasteiger partial charge in [-0.2, -0.15) is 0 Å². The summed E-state index contributed by atoms with van der Waals surface area (Å²) in [5.41, 5.74) is 1.42. The molecule has 1 atom stereocenters. The smallest absolute Gasteiger partial charge is 0.356 e. The molecular weight excluding hydrogens is 296 g/mol. The van der Waals surface area contributed by atoms with Gasteiger partial charge in [-0.15, -0.1) is 0 Å². The van der Waals surface area contributed by atoms with Crippen molar-refractivity contribution in [2.45, 2.75) is 13.0 Å². The van der Waals surface area contributed by atoms with Gasteiger partial charge in [0.25, 0.3) is 0 Å². The van der Waals surface area contributed by atoms with Crippen LogP contribution in [0.15, 0.2) is 42.9 Å². The van der Waals surface area contributed by atoms with Gasteiger partial charge in [0.15, 0.2) is 17.2 Å². The molecule has 0 aliphatic rings. The predicted octanol–water partition coefficient (Wildman–Crippen LogP) is 2.61. The molecular formula is C16H16N4O3. The van der Waals surface area contributed by atoms with E-state index in [0.717, 1.165) is 11.3 Å². The van der Waals surface area contributed by atoms with E-state index in [1.54, 1.807) is 23.9 Å². The summed E-state index contributed by atoms with van der Waals surface area (Å²) in [5.74, 6) is 0.213. The molecule has 3 aromatic rings. The van der Waals surface area contributed by atoms with E-state index in [-0.39, 0.29) is 11.7 Å². The van der Waals surface area contributed by atoms with Gasteiger partial charge in [0.05, 0.1) is 13.2 Å². The Bertz CT molecular complexity index is 859. The van der Waals surface area contributed by atoms with E-state index in [9.17, 15) is 4.79 Å². The molecule has 0 saturated carbocycles. The number of imidazole rings is 1. The zero-order valence-corrected chi connectivity index (χ0v) is 12.7. The summed E-state index contributed by atoms with van der Waals surface area (Å²) in [7, 11) is 1.62. The number of rotatable bonds is 5. The Kier molecular flexibility index (Phi) is 3.84. The van der Waals surface area contributed by atoms with Gasteiger partial charge in [0.1, 0.15) is 5.75 Å². The first-order chi connectivity index (χ1) is 11.1. The fourth-order valence-corrected chi connectivity index (χ4v) is 2.43. The molecule has 2 N–H and O–H groups in total. The molecule has 0 aliphatic carbocycles. The average Bonchev–Trinajstić information content (AvgIpc) is 3.00. The van der Waals surface area contributed by atoms with Crippen LogP contribution < -0.4 is 10.1 Å². The number of aromatic nitrogens is 3. The number of aromatic carboxylic acids is 1. The molecule has 1 unspecified atom stereocenters. The highest BCUT2D eigenvalue weighted by Crippen LogP contribution is 2.27. The van der Waals surface area contributed by atoms with Crippen LogP contribution in [0.3, 0.4) is 0 Å². The molecule has 0 fully saturated rings. The van der Waals surface area contributed by atoms with Crippen LogP contribution in [0, 0.1) is 0 Å². The summed E-state index contributed by atoms with van der Waals surface area (Å²) in [6, 6.07) is 7.60. The third kappa shape index (κ3) is 2.80. The third-order valence-electron chi connectivity index (χ3n) is 3.55. The molecule has 23 heavy (non-hydrogen) atoms. The van der Waals surface area contributed by atoms with Gasteiger partial charge in [-0.1, -0.05) is 18.2 Å². The topological polar surface area (TPSA) is 88.8 Å². The zero-order chi connectivity index (χ0) is 16.4. The van der Waals surface area contributed by atoms with E-state index < -0.39 is 5.97 Å². The van der Waals surface area contributed by atoms with Gasteiger partial charge in [0, 0.05) is 24.2 Å².